The van der Waals surface area contributed by atoms with Gasteiger partial charge in [0.05, 0.1) is 30.0 Å². The van der Waals surface area contributed by atoms with E-state index in [2.05, 4.69) is 15.7 Å². The van der Waals surface area contributed by atoms with E-state index in [0.717, 1.165) is 24.2 Å². The molecule has 0 radical (unpaired) electrons. The first-order valence-electron chi connectivity index (χ1n) is 11.3. The van der Waals surface area contributed by atoms with Crippen LogP contribution in [0.3, 0.4) is 0 Å². The lowest BCUT2D eigenvalue weighted by molar-refractivity contribution is -0.129. The third kappa shape index (κ3) is 5.41. The highest BCUT2D eigenvalue weighted by atomic mass is 16.5. The number of anilines is 2. The normalized spacial score (nSPS) is 15.8. The van der Waals surface area contributed by atoms with Crippen LogP contribution in [-0.2, 0) is 15.1 Å². The van der Waals surface area contributed by atoms with Crippen LogP contribution in [0.15, 0.2) is 30.3 Å². The quantitative estimate of drug-likeness (QED) is 0.687. The Hall–Kier alpha value is -3.03. The SMILES string of the molecule is CCC(CC)NC(=O)C1CN(CC(=O)Nc2cc(C)nn2C(C)(C)C)c2ccccc2O1. The fraction of sp³-hybridized carbons (Fsp3) is 0.542. The number of rotatable bonds is 7. The molecule has 0 fully saturated rings. The molecular formula is C24H35N5O3. The summed E-state index contributed by atoms with van der Waals surface area (Å²) in [4.78, 5) is 27.7. The Bertz CT molecular complexity index is 959. The van der Waals surface area contributed by atoms with Gasteiger partial charge in [0.2, 0.25) is 5.91 Å². The molecule has 3 rings (SSSR count). The van der Waals surface area contributed by atoms with E-state index in [1.54, 1.807) is 0 Å². The lowest BCUT2D eigenvalue weighted by Gasteiger charge is -2.35. The van der Waals surface area contributed by atoms with Crippen LogP contribution < -0.4 is 20.3 Å². The molecule has 32 heavy (non-hydrogen) atoms. The molecule has 1 aromatic heterocycles. The van der Waals surface area contributed by atoms with Crippen molar-refractivity contribution in [2.45, 2.75) is 72.1 Å². The highest BCUT2D eigenvalue weighted by molar-refractivity contribution is 5.94. The molecule has 0 saturated carbocycles. The topological polar surface area (TPSA) is 88.5 Å². The summed E-state index contributed by atoms with van der Waals surface area (Å²) in [5, 5.41) is 10.6. The molecular weight excluding hydrogens is 406 g/mol. The van der Waals surface area contributed by atoms with Gasteiger partial charge < -0.3 is 20.3 Å². The summed E-state index contributed by atoms with van der Waals surface area (Å²) >= 11 is 0. The lowest BCUT2D eigenvalue weighted by Crippen LogP contribution is -2.52. The van der Waals surface area contributed by atoms with Crippen molar-refractivity contribution in [2.75, 3.05) is 23.3 Å². The number of carbonyl (C=O) groups excluding carboxylic acids is 2. The van der Waals surface area contributed by atoms with Crippen LogP contribution in [0, 0.1) is 6.92 Å². The van der Waals surface area contributed by atoms with Gasteiger partial charge in [0.1, 0.15) is 11.6 Å². The number of aromatic nitrogens is 2. The Balaban J connectivity index is 1.76. The summed E-state index contributed by atoms with van der Waals surface area (Å²) in [7, 11) is 0. The largest absolute Gasteiger partial charge is 0.477 e. The molecule has 1 aliphatic heterocycles. The van der Waals surface area contributed by atoms with Crippen LogP contribution in [0.4, 0.5) is 11.5 Å². The van der Waals surface area contributed by atoms with Crippen molar-refractivity contribution >= 4 is 23.3 Å². The van der Waals surface area contributed by atoms with Gasteiger partial charge >= 0.3 is 0 Å². The van der Waals surface area contributed by atoms with Gasteiger partial charge in [0.15, 0.2) is 6.10 Å². The number of nitrogens with zero attached hydrogens (tertiary/aromatic N) is 3. The smallest absolute Gasteiger partial charge is 0.263 e. The summed E-state index contributed by atoms with van der Waals surface area (Å²) in [5.74, 6) is 0.933. The number of fused-ring (bicyclic) bond motifs is 1. The number of para-hydroxylation sites is 2. The maximum Gasteiger partial charge on any atom is 0.263 e. The third-order valence-corrected chi connectivity index (χ3v) is 5.55. The Morgan fingerprint density at radius 1 is 1.22 bits per heavy atom. The highest BCUT2D eigenvalue weighted by Gasteiger charge is 2.32. The summed E-state index contributed by atoms with van der Waals surface area (Å²) in [6.07, 6.45) is 1.04. The van der Waals surface area contributed by atoms with Crippen LogP contribution in [0.25, 0.3) is 0 Å². The van der Waals surface area contributed by atoms with Crippen LogP contribution in [0.2, 0.25) is 0 Å². The number of hydrogen-bond acceptors (Lipinski definition) is 5. The van der Waals surface area contributed by atoms with Gasteiger partial charge in [-0.05, 0) is 52.7 Å². The number of carbonyl (C=O) groups is 2. The van der Waals surface area contributed by atoms with E-state index >= 15 is 0 Å². The van der Waals surface area contributed by atoms with Crippen molar-refractivity contribution in [3.63, 3.8) is 0 Å². The fourth-order valence-electron chi connectivity index (χ4n) is 3.84. The van der Waals surface area contributed by atoms with Crippen LogP contribution in [0.5, 0.6) is 5.75 Å². The first kappa shape index (κ1) is 23.6. The number of aryl methyl sites for hydroxylation is 1. The molecule has 0 bridgehead atoms. The zero-order chi connectivity index (χ0) is 23.5. The first-order valence-corrected chi connectivity index (χ1v) is 11.3. The number of ether oxygens (including phenoxy) is 1. The van der Waals surface area contributed by atoms with E-state index < -0.39 is 6.10 Å². The van der Waals surface area contributed by atoms with Crippen LogP contribution in [0.1, 0.15) is 53.2 Å². The van der Waals surface area contributed by atoms with Crippen molar-refractivity contribution in [2.24, 2.45) is 0 Å². The molecule has 8 heteroatoms. The van der Waals surface area contributed by atoms with E-state index in [1.165, 1.54) is 0 Å². The molecule has 2 amide bonds. The minimum atomic E-state index is -0.680. The highest BCUT2D eigenvalue weighted by Crippen LogP contribution is 2.33. The minimum absolute atomic E-state index is 0.101. The Kier molecular flexibility index (Phi) is 7.11. The fourth-order valence-corrected chi connectivity index (χ4v) is 3.84. The van der Waals surface area contributed by atoms with Crippen molar-refractivity contribution < 1.29 is 14.3 Å². The Morgan fingerprint density at radius 2 is 1.91 bits per heavy atom. The maximum atomic E-state index is 13.0. The number of nitrogens with one attached hydrogen (secondary N) is 2. The second-order valence-corrected chi connectivity index (χ2v) is 9.28. The van der Waals surface area contributed by atoms with Crippen LogP contribution >= 0.6 is 0 Å². The number of benzene rings is 1. The first-order chi connectivity index (χ1) is 15.1. The summed E-state index contributed by atoms with van der Waals surface area (Å²) in [6, 6.07) is 9.47. The van der Waals surface area contributed by atoms with E-state index in [0.29, 0.717) is 18.1 Å². The Labute approximate surface area is 190 Å². The molecule has 1 aliphatic rings. The van der Waals surface area contributed by atoms with Crippen LogP contribution in [-0.4, -0.2) is 46.8 Å². The lowest BCUT2D eigenvalue weighted by atomic mass is 10.1. The van der Waals surface area contributed by atoms with Gasteiger partial charge in [-0.2, -0.15) is 5.10 Å². The average molecular weight is 442 g/mol. The predicted molar refractivity (Wildman–Crippen MR) is 126 cm³/mol. The summed E-state index contributed by atoms with van der Waals surface area (Å²) in [5.41, 5.74) is 1.38. The second-order valence-electron chi connectivity index (χ2n) is 9.28. The zero-order valence-corrected chi connectivity index (χ0v) is 19.9. The van der Waals surface area contributed by atoms with Crippen molar-refractivity contribution in [1.82, 2.24) is 15.1 Å². The predicted octanol–water partition coefficient (Wildman–Crippen LogP) is 3.46. The van der Waals surface area contributed by atoms with Crippen molar-refractivity contribution in [3.8, 4) is 5.75 Å². The Morgan fingerprint density at radius 3 is 2.56 bits per heavy atom. The molecule has 1 aromatic carbocycles. The average Bonchev–Trinajstić information content (AvgIpc) is 3.12. The minimum Gasteiger partial charge on any atom is -0.477 e. The molecule has 8 nitrogen and oxygen atoms in total. The molecule has 2 N–H and O–H groups in total. The van der Waals surface area contributed by atoms with E-state index in [9.17, 15) is 9.59 Å². The molecule has 2 aromatic rings. The summed E-state index contributed by atoms with van der Waals surface area (Å²) in [6.45, 7) is 12.5. The van der Waals surface area contributed by atoms with Gasteiger partial charge in [-0.3, -0.25) is 9.59 Å². The van der Waals surface area contributed by atoms with Crippen molar-refractivity contribution in [1.29, 1.82) is 0 Å². The van der Waals surface area contributed by atoms with Gasteiger partial charge in [-0.25, -0.2) is 4.68 Å². The number of hydrogen-bond donors (Lipinski definition) is 2. The molecule has 2 heterocycles. The zero-order valence-electron chi connectivity index (χ0n) is 19.9. The van der Waals surface area contributed by atoms with Gasteiger partial charge in [-0.1, -0.05) is 26.0 Å². The van der Waals surface area contributed by atoms with E-state index in [1.807, 2.05) is 81.5 Å². The van der Waals surface area contributed by atoms with Gasteiger partial charge in [-0.15, -0.1) is 0 Å². The third-order valence-electron chi connectivity index (χ3n) is 5.55. The molecule has 174 valence electrons. The standard InChI is InChI=1S/C24H35N5O3/c1-7-17(8-2)25-23(31)20-14-28(18-11-9-10-12-19(18)32-20)15-22(30)26-21-13-16(3)27-29(21)24(4,5)6/h9-13,17,20H,7-8,14-15H2,1-6H3,(H,25,31)(H,26,30). The van der Waals surface area contributed by atoms with E-state index in [4.69, 9.17) is 4.74 Å². The molecule has 0 aliphatic carbocycles. The van der Waals surface area contributed by atoms with E-state index in [-0.39, 0.29) is 29.9 Å². The van der Waals surface area contributed by atoms with Crippen molar-refractivity contribution in [3.05, 3.63) is 36.0 Å². The monoisotopic (exact) mass is 441 g/mol. The van der Waals surface area contributed by atoms with Gasteiger partial charge in [0.25, 0.3) is 5.91 Å². The molecule has 1 atom stereocenters. The second kappa shape index (κ2) is 9.63. The van der Waals surface area contributed by atoms with Gasteiger partial charge in [0, 0.05) is 12.1 Å². The molecule has 1 unspecified atom stereocenters. The number of amides is 2. The molecule has 0 saturated heterocycles. The molecule has 0 spiro atoms. The maximum absolute atomic E-state index is 13.0. The summed E-state index contributed by atoms with van der Waals surface area (Å²) < 4.78 is 7.80.